The lowest BCUT2D eigenvalue weighted by atomic mass is 10.1. The number of H-pyrrole nitrogens is 1. The van der Waals surface area contributed by atoms with Gasteiger partial charge >= 0.3 is 5.69 Å². The molecule has 0 bridgehead atoms. The number of fused-ring (bicyclic) bond motifs is 1. The highest BCUT2D eigenvalue weighted by Crippen LogP contribution is 2.39. The van der Waals surface area contributed by atoms with E-state index < -0.39 is 17.2 Å². The molecule has 5 rings (SSSR count). The summed E-state index contributed by atoms with van der Waals surface area (Å²) in [6.07, 6.45) is 3.57. The van der Waals surface area contributed by atoms with Gasteiger partial charge in [-0.15, -0.1) is 0 Å². The number of hydrogen-bond donors (Lipinski definition) is 2. The Bertz CT molecular complexity index is 1550. The van der Waals surface area contributed by atoms with Gasteiger partial charge in [0.25, 0.3) is 11.5 Å². The molecule has 1 amide bonds. The van der Waals surface area contributed by atoms with Crippen molar-refractivity contribution in [3.05, 3.63) is 98.0 Å². The first-order chi connectivity index (χ1) is 17.9. The second kappa shape index (κ2) is 10.4. The lowest BCUT2D eigenvalue weighted by Crippen LogP contribution is -2.34. The van der Waals surface area contributed by atoms with Crippen LogP contribution in [0.3, 0.4) is 0 Å². The van der Waals surface area contributed by atoms with E-state index in [0.29, 0.717) is 19.0 Å². The molecular formula is C28H29N5O4. The average Bonchev–Trinajstić information content (AvgIpc) is 3.74. The van der Waals surface area contributed by atoms with Crippen molar-refractivity contribution in [1.82, 2.24) is 24.8 Å². The van der Waals surface area contributed by atoms with Crippen LogP contribution in [0.25, 0.3) is 11.0 Å². The lowest BCUT2D eigenvalue weighted by Gasteiger charge is -2.15. The molecule has 9 nitrogen and oxygen atoms in total. The summed E-state index contributed by atoms with van der Waals surface area (Å²) in [4.78, 5) is 50.1. The number of ether oxygens (including phenoxy) is 1. The van der Waals surface area contributed by atoms with Crippen LogP contribution in [0.2, 0.25) is 0 Å². The van der Waals surface area contributed by atoms with Crippen LogP contribution in [0, 0.1) is 5.92 Å². The summed E-state index contributed by atoms with van der Waals surface area (Å²) in [5, 5.41) is 3.04. The molecule has 37 heavy (non-hydrogen) atoms. The van der Waals surface area contributed by atoms with Crippen molar-refractivity contribution in [2.75, 3.05) is 0 Å². The Morgan fingerprint density at radius 1 is 1.14 bits per heavy atom. The van der Waals surface area contributed by atoms with Gasteiger partial charge in [0.1, 0.15) is 6.61 Å². The predicted octanol–water partition coefficient (Wildman–Crippen LogP) is 3.52. The van der Waals surface area contributed by atoms with Crippen LogP contribution < -0.4 is 21.3 Å². The number of benzene rings is 1. The predicted molar refractivity (Wildman–Crippen MR) is 140 cm³/mol. The fraction of sp³-hybridized carbons (Fsp3) is 0.321. The minimum Gasteiger partial charge on any atom is -0.473 e. The lowest BCUT2D eigenvalue weighted by molar-refractivity contribution is 0.0952. The summed E-state index contributed by atoms with van der Waals surface area (Å²) < 4.78 is 7.25. The van der Waals surface area contributed by atoms with E-state index in [1.165, 1.54) is 4.57 Å². The Balaban J connectivity index is 1.40. The fourth-order valence-electron chi connectivity index (χ4n) is 4.24. The van der Waals surface area contributed by atoms with E-state index in [0.717, 1.165) is 29.7 Å². The first-order valence-electron chi connectivity index (χ1n) is 12.5. The molecule has 0 saturated heterocycles. The maximum absolute atomic E-state index is 13.4. The van der Waals surface area contributed by atoms with Crippen molar-refractivity contribution in [3.8, 4) is 5.88 Å². The van der Waals surface area contributed by atoms with Crippen LogP contribution in [0.5, 0.6) is 5.88 Å². The number of carbonyl (C=O) groups excluding carboxylic acids is 1. The number of aromatic nitrogens is 4. The van der Waals surface area contributed by atoms with Crippen LogP contribution in [-0.4, -0.2) is 25.4 Å². The van der Waals surface area contributed by atoms with Gasteiger partial charge in [-0.05, 0) is 42.0 Å². The van der Waals surface area contributed by atoms with Gasteiger partial charge < -0.3 is 10.1 Å². The highest BCUT2D eigenvalue weighted by Gasteiger charge is 2.28. The maximum Gasteiger partial charge on any atom is 0.330 e. The quantitative estimate of drug-likeness (QED) is 0.364. The number of nitrogens with zero attached hydrogens (tertiary/aromatic N) is 3. The Morgan fingerprint density at radius 3 is 2.65 bits per heavy atom. The minimum atomic E-state index is -0.611. The van der Waals surface area contributed by atoms with Crippen molar-refractivity contribution in [2.45, 2.75) is 52.3 Å². The Morgan fingerprint density at radius 2 is 1.92 bits per heavy atom. The van der Waals surface area contributed by atoms with Crippen molar-refractivity contribution >= 4 is 16.9 Å². The SMILES string of the molecule is CC(C)Cn1c(=O)[nH]c(=O)c2c(C(=O)NCc3ccnc(OCc4ccccc4)c3)cc(C3CC3)nc21. The van der Waals surface area contributed by atoms with E-state index in [9.17, 15) is 14.4 Å². The molecule has 1 fully saturated rings. The number of carbonyl (C=O) groups is 1. The van der Waals surface area contributed by atoms with Gasteiger partial charge in [0.05, 0.1) is 10.9 Å². The molecule has 9 heteroatoms. The van der Waals surface area contributed by atoms with Crippen molar-refractivity contribution < 1.29 is 9.53 Å². The number of rotatable bonds is 9. The summed E-state index contributed by atoms with van der Waals surface area (Å²) in [5.74, 6) is 0.441. The zero-order valence-corrected chi connectivity index (χ0v) is 20.9. The molecule has 2 N–H and O–H groups in total. The molecule has 1 saturated carbocycles. The summed E-state index contributed by atoms with van der Waals surface area (Å²) in [6, 6.07) is 15.0. The van der Waals surface area contributed by atoms with Crippen LogP contribution in [0.4, 0.5) is 0 Å². The van der Waals surface area contributed by atoms with Gasteiger partial charge in [0, 0.05) is 37.0 Å². The van der Waals surface area contributed by atoms with E-state index in [-0.39, 0.29) is 35.0 Å². The molecule has 1 aliphatic carbocycles. The normalized spacial score (nSPS) is 13.2. The van der Waals surface area contributed by atoms with Gasteiger partial charge in [-0.25, -0.2) is 14.8 Å². The molecule has 1 aromatic carbocycles. The van der Waals surface area contributed by atoms with Gasteiger partial charge in [-0.3, -0.25) is 19.1 Å². The van der Waals surface area contributed by atoms with Crippen molar-refractivity contribution in [2.24, 2.45) is 5.92 Å². The minimum absolute atomic E-state index is 0.128. The Labute approximate surface area is 213 Å². The van der Waals surface area contributed by atoms with Gasteiger partial charge in [0.2, 0.25) is 5.88 Å². The van der Waals surface area contributed by atoms with E-state index >= 15 is 0 Å². The molecule has 1 aliphatic rings. The van der Waals surface area contributed by atoms with E-state index in [1.807, 2.05) is 44.2 Å². The first-order valence-corrected chi connectivity index (χ1v) is 12.5. The third-order valence-electron chi connectivity index (χ3n) is 6.24. The summed E-state index contributed by atoms with van der Waals surface area (Å²) >= 11 is 0. The smallest absolute Gasteiger partial charge is 0.330 e. The molecule has 0 aliphatic heterocycles. The zero-order chi connectivity index (χ0) is 25.9. The Kier molecular flexibility index (Phi) is 6.85. The molecule has 0 radical (unpaired) electrons. The van der Waals surface area contributed by atoms with Gasteiger partial charge in [-0.1, -0.05) is 44.2 Å². The largest absolute Gasteiger partial charge is 0.473 e. The maximum atomic E-state index is 13.4. The van der Waals surface area contributed by atoms with E-state index in [4.69, 9.17) is 4.74 Å². The molecule has 190 valence electrons. The molecule has 0 atom stereocenters. The highest BCUT2D eigenvalue weighted by molar-refractivity contribution is 6.05. The highest BCUT2D eigenvalue weighted by atomic mass is 16.5. The average molecular weight is 500 g/mol. The fourth-order valence-corrected chi connectivity index (χ4v) is 4.24. The Hall–Kier alpha value is -4.27. The molecule has 3 heterocycles. The topological polar surface area (TPSA) is 119 Å². The van der Waals surface area contributed by atoms with Gasteiger partial charge in [-0.2, -0.15) is 0 Å². The zero-order valence-electron chi connectivity index (χ0n) is 20.9. The number of aromatic amines is 1. The third-order valence-corrected chi connectivity index (χ3v) is 6.24. The second-order valence-corrected chi connectivity index (χ2v) is 9.79. The number of nitrogens with one attached hydrogen (secondary N) is 2. The summed E-state index contributed by atoms with van der Waals surface area (Å²) in [6.45, 7) is 4.95. The van der Waals surface area contributed by atoms with Crippen molar-refractivity contribution in [1.29, 1.82) is 0 Å². The molecule has 4 aromatic rings. The monoisotopic (exact) mass is 499 g/mol. The molecule has 0 spiro atoms. The number of hydrogen-bond acceptors (Lipinski definition) is 6. The van der Waals surface area contributed by atoms with Crippen molar-refractivity contribution in [3.63, 3.8) is 0 Å². The standard InChI is InChI=1S/C28H29N5O4/c1-17(2)15-33-25-24(27(35)32-28(33)36)21(13-22(31-25)20-8-9-20)26(34)30-14-19-10-11-29-23(12-19)37-16-18-6-4-3-5-7-18/h3-7,10-13,17,20H,8-9,14-16H2,1-2H3,(H,30,34)(H,32,35,36). The molecular weight excluding hydrogens is 470 g/mol. The van der Waals surface area contributed by atoms with Crippen LogP contribution >= 0.6 is 0 Å². The summed E-state index contributed by atoms with van der Waals surface area (Å²) in [5.41, 5.74) is 1.93. The third kappa shape index (κ3) is 5.61. The first kappa shape index (κ1) is 24.4. The van der Waals surface area contributed by atoms with Crippen LogP contribution in [-0.2, 0) is 19.7 Å². The van der Waals surface area contributed by atoms with Crippen LogP contribution in [0.1, 0.15) is 59.8 Å². The second-order valence-electron chi connectivity index (χ2n) is 9.79. The molecule has 3 aromatic heterocycles. The van der Waals surface area contributed by atoms with Crippen LogP contribution in [0.15, 0.2) is 64.3 Å². The molecule has 0 unspecified atom stereocenters. The van der Waals surface area contributed by atoms with Gasteiger partial charge in [0.15, 0.2) is 5.65 Å². The van der Waals surface area contributed by atoms with E-state index in [2.05, 4.69) is 20.3 Å². The summed E-state index contributed by atoms with van der Waals surface area (Å²) in [7, 11) is 0. The number of pyridine rings is 2. The van der Waals surface area contributed by atoms with E-state index in [1.54, 1.807) is 24.4 Å². The number of amides is 1.